The minimum atomic E-state index is -1.02. The van der Waals surface area contributed by atoms with Crippen molar-refractivity contribution >= 4 is 29.0 Å². The van der Waals surface area contributed by atoms with Crippen LogP contribution in [0.15, 0.2) is 6.33 Å². The summed E-state index contributed by atoms with van der Waals surface area (Å²) in [5.41, 5.74) is 7.21. The second-order valence-corrected chi connectivity index (χ2v) is 11.0. The molecule has 2 amide bonds. The van der Waals surface area contributed by atoms with E-state index in [1.54, 1.807) is 22.7 Å². The fourth-order valence-electron chi connectivity index (χ4n) is 5.33. The van der Waals surface area contributed by atoms with E-state index in [0.717, 1.165) is 51.4 Å². The smallest absolute Gasteiger partial charge is 0.410 e. The third kappa shape index (κ3) is 6.17. The quantitative estimate of drug-likeness (QED) is 0.443. The van der Waals surface area contributed by atoms with Gasteiger partial charge in [-0.1, -0.05) is 0 Å². The van der Waals surface area contributed by atoms with Gasteiger partial charge < -0.3 is 30.5 Å². The van der Waals surface area contributed by atoms with Crippen molar-refractivity contribution in [3.63, 3.8) is 0 Å². The van der Waals surface area contributed by atoms with Crippen molar-refractivity contribution in [2.24, 2.45) is 5.92 Å². The highest BCUT2D eigenvalue weighted by Crippen LogP contribution is 2.27. The van der Waals surface area contributed by atoms with E-state index in [9.17, 15) is 14.7 Å². The molecule has 12 nitrogen and oxygen atoms in total. The molecule has 0 radical (unpaired) electrons. The Hall–Kier alpha value is -2.99. The number of aromatic nitrogens is 4. The number of aliphatic hydroxyl groups excluding tert-OH is 1. The zero-order valence-electron chi connectivity index (χ0n) is 22.2. The molecule has 2 aromatic rings. The maximum absolute atomic E-state index is 12.6. The number of nitrogens with one attached hydrogen (secondary N) is 1. The maximum Gasteiger partial charge on any atom is 0.410 e. The van der Waals surface area contributed by atoms with E-state index in [0.29, 0.717) is 42.4 Å². The second-order valence-electron chi connectivity index (χ2n) is 11.0. The molecule has 1 aliphatic heterocycles. The number of nitrogens with two attached hydrogens (primary N) is 1. The van der Waals surface area contributed by atoms with Gasteiger partial charge in [0.25, 0.3) is 5.91 Å². The Labute approximate surface area is 222 Å². The number of ether oxygens (including phenoxy) is 2. The van der Waals surface area contributed by atoms with Gasteiger partial charge in [0.15, 0.2) is 17.6 Å². The van der Waals surface area contributed by atoms with E-state index in [4.69, 9.17) is 20.2 Å². The van der Waals surface area contributed by atoms with E-state index in [-0.39, 0.29) is 30.0 Å². The zero-order valence-corrected chi connectivity index (χ0v) is 22.2. The summed E-state index contributed by atoms with van der Waals surface area (Å²) in [6.45, 7) is 4.62. The van der Waals surface area contributed by atoms with Gasteiger partial charge in [-0.15, -0.1) is 0 Å². The minimum Gasteiger partial charge on any atom is -0.446 e. The molecule has 3 atom stereocenters. The third-order valence-electron chi connectivity index (χ3n) is 7.76. The summed E-state index contributed by atoms with van der Waals surface area (Å²) in [5, 5.41) is 13.1. The number of rotatable bonds is 9. The zero-order chi connectivity index (χ0) is 26.8. The van der Waals surface area contributed by atoms with E-state index >= 15 is 0 Å². The van der Waals surface area contributed by atoms with Crippen molar-refractivity contribution in [2.75, 3.05) is 18.8 Å². The lowest BCUT2D eigenvalue weighted by Gasteiger charge is -2.31. The second kappa shape index (κ2) is 11.4. The monoisotopic (exact) mass is 529 g/mol. The van der Waals surface area contributed by atoms with Crippen LogP contribution in [0, 0.1) is 5.92 Å². The Morgan fingerprint density at radius 3 is 2.50 bits per heavy atom. The Morgan fingerprint density at radius 1 is 1.13 bits per heavy atom. The van der Waals surface area contributed by atoms with Gasteiger partial charge in [-0.2, -0.15) is 0 Å². The van der Waals surface area contributed by atoms with E-state index < -0.39 is 18.4 Å². The highest BCUT2D eigenvalue weighted by atomic mass is 16.6. The molecule has 1 unspecified atom stereocenters. The number of nitrogen functional groups attached to an aromatic ring is 1. The molecule has 2 aliphatic carbocycles. The SMILES string of the molecule is CC(O)[C@H](O[C@H](C)n1cnc2c(N)nc(CC3CCN(C(=O)OC4CCCC4)CC3)nc21)C(=O)NC1CC1. The van der Waals surface area contributed by atoms with Crippen LogP contribution in [0.1, 0.15) is 77.3 Å². The van der Waals surface area contributed by atoms with Crippen LogP contribution in [-0.2, 0) is 20.7 Å². The van der Waals surface area contributed by atoms with Gasteiger partial charge in [-0.25, -0.2) is 19.7 Å². The largest absolute Gasteiger partial charge is 0.446 e. The molecule has 2 saturated carbocycles. The van der Waals surface area contributed by atoms with E-state index in [1.807, 2.05) is 0 Å². The molecule has 3 aliphatic rings. The van der Waals surface area contributed by atoms with Crippen LogP contribution >= 0.6 is 0 Å². The molecule has 4 N–H and O–H groups in total. The first-order valence-electron chi connectivity index (χ1n) is 13.9. The number of likely N-dealkylation sites (tertiary alicyclic amines) is 1. The number of amides is 2. The minimum absolute atomic E-state index is 0.0722. The predicted octanol–water partition coefficient (Wildman–Crippen LogP) is 2.31. The lowest BCUT2D eigenvalue weighted by Crippen LogP contribution is -2.44. The Morgan fingerprint density at radius 2 is 1.84 bits per heavy atom. The van der Waals surface area contributed by atoms with Crippen molar-refractivity contribution in [3.05, 3.63) is 12.2 Å². The number of hydrogen-bond acceptors (Lipinski definition) is 9. The molecule has 12 heteroatoms. The van der Waals surface area contributed by atoms with Crippen molar-refractivity contribution < 1.29 is 24.2 Å². The van der Waals surface area contributed by atoms with Gasteiger partial charge in [0.2, 0.25) is 0 Å². The number of imidazole rings is 1. The van der Waals surface area contributed by atoms with Gasteiger partial charge in [0, 0.05) is 25.6 Å². The number of nitrogens with zero attached hydrogens (tertiary/aromatic N) is 5. The number of anilines is 1. The summed E-state index contributed by atoms with van der Waals surface area (Å²) in [7, 11) is 0. The number of fused-ring (bicyclic) bond motifs is 1. The number of hydrogen-bond donors (Lipinski definition) is 3. The van der Waals surface area contributed by atoms with Crippen LogP contribution < -0.4 is 11.1 Å². The molecule has 2 aromatic heterocycles. The lowest BCUT2D eigenvalue weighted by atomic mass is 9.93. The van der Waals surface area contributed by atoms with Crippen LogP contribution in [0.2, 0.25) is 0 Å². The number of aliphatic hydroxyl groups is 1. The van der Waals surface area contributed by atoms with Crippen LogP contribution in [0.4, 0.5) is 10.6 Å². The van der Waals surface area contributed by atoms with Crippen molar-refractivity contribution in [3.8, 4) is 0 Å². The molecule has 0 bridgehead atoms. The van der Waals surface area contributed by atoms with Crippen LogP contribution in [-0.4, -0.2) is 79.0 Å². The van der Waals surface area contributed by atoms with E-state index in [1.165, 1.54) is 6.92 Å². The molecule has 3 heterocycles. The molecule has 5 rings (SSSR count). The Bertz CT molecular complexity index is 1140. The molecule has 1 saturated heterocycles. The molecule has 0 aromatic carbocycles. The third-order valence-corrected chi connectivity index (χ3v) is 7.76. The highest BCUT2D eigenvalue weighted by molar-refractivity contribution is 5.82. The Kier molecular flexibility index (Phi) is 7.98. The van der Waals surface area contributed by atoms with Crippen molar-refractivity contribution in [1.82, 2.24) is 29.7 Å². The first-order chi connectivity index (χ1) is 18.3. The number of carbonyl (C=O) groups excluding carboxylic acids is 2. The highest BCUT2D eigenvalue weighted by Gasteiger charge is 2.33. The van der Waals surface area contributed by atoms with Gasteiger partial charge in [-0.05, 0) is 71.1 Å². The van der Waals surface area contributed by atoms with Gasteiger partial charge in [0.05, 0.1) is 12.4 Å². The van der Waals surface area contributed by atoms with Gasteiger partial charge in [0.1, 0.15) is 23.7 Å². The number of piperidine rings is 1. The molecular formula is C26H39N7O5. The van der Waals surface area contributed by atoms with Gasteiger partial charge >= 0.3 is 6.09 Å². The Balaban J connectivity index is 1.22. The van der Waals surface area contributed by atoms with Crippen LogP contribution in [0.25, 0.3) is 11.2 Å². The molecular weight excluding hydrogens is 490 g/mol. The van der Waals surface area contributed by atoms with Crippen molar-refractivity contribution in [2.45, 2.75) is 102 Å². The summed E-state index contributed by atoms with van der Waals surface area (Å²) < 4.78 is 13.3. The predicted molar refractivity (Wildman–Crippen MR) is 139 cm³/mol. The molecule has 3 fully saturated rings. The summed E-state index contributed by atoms with van der Waals surface area (Å²) in [5.74, 6) is 0.881. The maximum atomic E-state index is 12.6. The lowest BCUT2D eigenvalue weighted by molar-refractivity contribution is -0.150. The first kappa shape index (κ1) is 26.6. The van der Waals surface area contributed by atoms with Crippen LogP contribution in [0.5, 0.6) is 0 Å². The average molecular weight is 530 g/mol. The van der Waals surface area contributed by atoms with E-state index in [2.05, 4.69) is 15.3 Å². The average Bonchev–Trinajstić information content (AvgIpc) is 3.35. The topological polar surface area (TPSA) is 158 Å². The summed E-state index contributed by atoms with van der Waals surface area (Å²) >= 11 is 0. The summed E-state index contributed by atoms with van der Waals surface area (Å²) in [6, 6.07) is 0.164. The van der Waals surface area contributed by atoms with Crippen molar-refractivity contribution in [1.29, 1.82) is 0 Å². The molecule has 0 spiro atoms. The fraction of sp³-hybridized carbons (Fsp3) is 0.731. The number of carbonyl (C=O) groups is 2. The van der Waals surface area contributed by atoms with Crippen LogP contribution in [0.3, 0.4) is 0 Å². The normalized spacial score (nSPS) is 21.4. The summed E-state index contributed by atoms with van der Waals surface area (Å²) in [6.07, 6.45) is 7.22. The first-order valence-corrected chi connectivity index (χ1v) is 13.9. The van der Waals surface area contributed by atoms with Gasteiger partial charge in [-0.3, -0.25) is 9.36 Å². The standard InChI is InChI=1S/C26H39N7O5/c1-15(34)22(25(35)29-18-7-8-18)37-16(2)33-14-28-21-23(27)30-20(31-24(21)33)13-17-9-11-32(12-10-17)26(36)38-19-5-3-4-6-19/h14-19,22,34H,3-13H2,1-2H3,(H,29,35)(H2,27,30,31)/t15?,16-,22+/m1/s1. The molecule has 38 heavy (non-hydrogen) atoms. The fourth-order valence-corrected chi connectivity index (χ4v) is 5.33. The summed E-state index contributed by atoms with van der Waals surface area (Å²) in [4.78, 5) is 40.5. The molecule has 208 valence electrons.